The molecule has 1 unspecified atom stereocenters. The van der Waals surface area contributed by atoms with Crippen LogP contribution in [0.3, 0.4) is 0 Å². The molecule has 1 aromatic carbocycles. The summed E-state index contributed by atoms with van der Waals surface area (Å²) in [5, 5.41) is 4.03. The van der Waals surface area contributed by atoms with Crippen LogP contribution in [0.15, 0.2) is 18.2 Å². The molecule has 1 N–H and O–H groups in total. The Bertz CT molecular complexity index is 403. The molecule has 2 nitrogen and oxygen atoms in total. The molecule has 1 heterocycles. The van der Waals surface area contributed by atoms with Crippen LogP contribution < -0.4 is 5.32 Å². The van der Waals surface area contributed by atoms with Crippen molar-refractivity contribution in [1.82, 2.24) is 5.32 Å². The van der Waals surface area contributed by atoms with Crippen LogP contribution in [0.4, 0.5) is 0 Å². The highest BCUT2D eigenvalue weighted by Crippen LogP contribution is 2.22. The number of nitrogens with one attached hydrogen (secondary N) is 1. The first kappa shape index (κ1) is 11.6. The van der Waals surface area contributed by atoms with E-state index >= 15 is 0 Å². The first-order valence-electron chi connectivity index (χ1n) is 5.65. The predicted molar refractivity (Wildman–Crippen MR) is 65.9 cm³/mol. The molecule has 0 radical (unpaired) electrons. The zero-order valence-corrected chi connectivity index (χ0v) is 10.2. The van der Waals surface area contributed by atoms with Crippen molar-refractivity contribution in [3.05, 3.63) is 34.3 Å². The summed E-state index contributed by atoms with van der Waals surface area (Å²) in [7, 11) is 0. The lowest BCUT2D eigenvalue weighted by molar-refractivity contribution is -0.123. The van der Waals surface area contributed by atoms with Crippen LogP contribution in [0.25, 0.3) is 0 Å². The Hall–Kier alpha value is -0.860. The number of benzene rings is 1. The van der Waals surface area contributed by atoms with Crippen LogP contribution in [0, 0.1) is 12.8 Å². The van der Waals surface area contributed by atoms with Gasteiger partial charge < -0.3 is 5.32 Å². The van der Waals surface area contributed by atoms with Crippen molar-refractivity contribution < 1.29 is 4.79 Å². The van der Waals surface area contributed by atoms with Crippen molar-refractivity contribution in [2.24, 2.45) is 5.92 Å². The number of rotatable bonds is 2. The smallest absolute Gasteiger partial charge is 0.138 e. The van der Waals surface area contributed by atoms with Gasteiger partial charge in [-0.25, -0.2) is 0 Å². The summed E-state index contributed by atoms with van der Waals surface area (Å²) in [5.41, 5.74) is 2.23. The van der Waals surface area contributed by atoms with Crippen LogP contribution in [-0.4, -0.2) is 18.9 Å². The molecule has 0 saturated carbocycles. The lowest BCUT2D eigenvalue weighted by atomic mass is 9.91. The van der Waals surface area contributed by atoms with Gasteiger partial charge in [0.2, 0.25) is 0 Å². The standard InChI is InChI=1S/C13H16ClNO/c1-9-2-3-10(12(14)6-9)7-11-8-15-5-4-13(11)16/h2-3,6,11,15H,4-5,7-8H2,1H3. The van der Waals surface area contributed by atoms with E-state index in [1.807, 2.05) is 25.1 Å². The maximum atomic E-state index is 11.7. The van der Waals surface area contributed by atoms with Gasteiger partial charge in [0.1, 0.15) is 5.78 Å². The number of aryl methyl sites for hydroxylation is 1. The van der Waals surface area contributed by atoms with Gasteiger partial charge in [0.15, 0.2) is 0 Å². The molecule has 1 atom stereocenters. The van der Waals surface area contributed by atoms with Gasteiger partial charge in [-0.05, 0) is 30.5 Å². The first-order valence-corrected chi connectivity index (χ1v) is 6.03. The van der Waals surface area contributed by atoms with E-state index in [0.717, 1.165) is 35.7 Å². The fourth-order valence-corrected chi connectivity index (χ4v) is 2.39. The Kier molecular flexibility index (Phi) is 3.62. The third-order valence-corrected chi connectivity index (χ3v) is 3.42. The van der Waals surface area contributed by atoms with Crippen molar-refractivity contribution in [1.29, 1.82) is 0 Å². The van der Waals surface area contributed by atoms with Crippen LogP contribution in [0.5, 0.6) is 0 Å². The summed E-state index contributed by atoms with van der Waals surface area (Å²) in [6.07, 6.45) is 1.40. The van der Waals surface area contributed by atoms with Gasteiger partial charge in [-0.1, -0.05) is 23.7 Å². The summed E-state index contributed by atoms with van der Waals surface area (Å²) in [5.74, 6) is 0.448. The Morgan fingerprint density at radius 3 is 3.00 bits per heavy atom. The monoisotopic (exact) mass is 237 g/mol. The fourth-order valence-electron chi connectivity index (χ4n) is 2.08. The highest BCUT2D eigenvalue weighted by atomic mass is 35.5. The molecule has 1 aromatic rings. The minimum Gasteiger partial charge on any atom is -0.316 e. The molecular weight excluding hydrogens is 222 g/mol. The molecule has 2 rings (SSSR count). The Morgan fingerprint density at radius 2 is 2.31 bits per heavy atom. The molecule has 1 aliphatic rings. The van der Waals surface area contributed by atoms with Crippen LogP contribution in [0.1, 0.15) is 17.5 Å². The van der Waals surface area contributed by atoms with Crippen molar-refractivity contribution in [3.8, 4) is 0 Å². The number of piperidine rings is 1. The maximum absolute atomic E-state index is 11.7. The van der Waals surface area contributed by atoms with Crippen molar-refractivity contribution >= 4 is 17.4 Å². The molecule has 1 aliphatic heterocycles. The van der Waals surface area contributed by atoms with Crippen molar-refractivity contribution in [3.63, 3.8) is 0 Å². The highest BCUT2D eigenvalue weighted by Gasteiger charge is 2.22. The lowest BCUT2D eigenvalue weighted by Crippen LogP contribution is -2.37. The van der Waals surface area contributed by atoms with E-state index in [1.54, 1.807) is 0 Å². The lowest BCUT2D eigenvalue weighted by Gasteiger charge is -2.22. The van der Waals surface area contributed by atoms with Crippen LogP contribution >= 0.6 is 11.6 Å². The summed E-state index contributed by atoms with van der Waals surface area (Å²) in [6, 6.07) is 6.03. The molecule has 0 amide bonds. The summed E-state index contributed by atoms with van der Waals surface area (Å²) in [4.78, 5) is 11.7. The molecule has 0 aromatic heterocycles. The van der Waals surface area contributed by atoms with E-state index in [-0.39, 0.29) is 5.92 Å². The number of carbonyl (C=O) groups excluding carboxylic acids is 1. The number of Topliss-reactive ketones (excluding diaryl/α,β-unsaturated/α-hetero) is 1. The Labute approximate surface area is 101 Å². The van der Waals surface area contributed by atoms with Gasteiger partial charge >= 0.3 is 0 Å². The second kappa shape index (κ2) is 4.98. The van der Waals surface area contributed by atoms with Gasteiger partial charge in [-0.2, -0.15) is 0 Å². The topological polar surface area (TPSA) is 29.1 Å². The van der Waals surface area contributed by atoms with Crippen LogP contribution in [0.2, 0.25) is 5.02 Å². The number of hydrogen-bond donors (Lipinski definition) is 1. The van der Waals surface area contributed by atoms with E-state index in [2.05, 4.69) is 5.32 Å². The molecule has 0 spiro atoms. The molecular formula is C13H16ClNO. The fraction of sp³-hybridized carbons (Fsp3) is 0.462. The second-order valence-corrected chi connectivity index (χ2v) is 4.82. The summed E-state index contributed by atoms with van der Waals surface area (Å²) in [6.45, 7) is 3.61. The van der Waals surface area contributed by atoms with Gasteiger partial charge in [-0.3, -0.25) is 4.79 Å². The number of halogens is 1. The third kappa shape index (κ3) is 2.63. The summed E-state index contributed by atoms with van der Waals surface area (Å²) >= 11 is 6.16. The maximum Gasteiger partial charge on any atom is 0.138 e. The van der Waals surface area contributed by atoms with Gasteiger partial charge in [-0.15, -0.1) is 0 Å². The number of hydrogen-bond acceptors (Lipinski definition) is 2. The average Bonchev–Trinajstić information content (AvgIpc) is 2.25. The van der Waals surface area contributed by atoms with E-state index < -0.39 is 0 Å². The van der Waals surface area contributed by atoms with Gasteiger partial charge in [0.05, 0.1) is 0 Å². The minimum atomic E-state index is 0.0916. The van der Waals surface area contributed by atoms with Crippen molar-refractivity contribution in [2.75, 3.05) is 13.1 Å². The van der Waals surface area contributed by atoms with Crippen LogP contribution in [-0.2, 0) is 11.2 Å². The largest absolute Gasteiger partial charge is 0.316 e. The van der Waals surface area contributed by atoms with E-state index in [9.17, 15) is 4.79 Å². The average molecular weight is 238 g/mol. The SMILES string of the molecule is Cc1ccc(CC2CNCCC2=O)c(Cl)c1. The molecule has 0 bridgehead atoms. The van der Waals surface area contributed by atoms with Gasteiger partial charge in [0, 0.05) is 30.5 Å². The van der Waals surface area contributed by atoms with E-state index in [1.165, 1.54) is 0 Å². The quantitative estimate of drug-likeness (QED) is 0.856. The summed E-state index contributed by atoms with van der Waals surface area (Å²) < 4.78 is 0. The minimum absolute atomic E-state index is 0.0916. The van der Waals surface area contributed by atoms with Gasteiger partial charge in [0.25, 0.3) is 0 Å². The number of carbonyl (C=O) groups is 1. The van der Waals surface area contributed by atoms with E-state index in [0.29, 0.717) is 12.2 Å². The molecule has 1 fully saturated rings. The predicted octanol–water partition coefficient (Wildman–Crippen LogP) is 2.37. The number of ketones is 1. The zero-order valence-electron chi connectivity index (χ0n) is 9.42. The normalized spacial score (nSPS) is 21.1. The first-order chi connectivity index (χ1) is 7.66. The Morgan fingerprint density at radius 1 is 1.50 bits per heavy atom. The molecule has 16 heavy (non-hydrogen) atoms. The molecule has 86 valence electrons. The van der Waals surface area contributed by atoms with E-state index in [4.69, 9.17) is 11.6 Å². The second-order valence-electron chi connectivity index (χ2n) is 4.42. The molecule has 1 saturated heterocycles. The molecule has 3 heteroatoms. The molecule has 0 aliphatic carbocycles. The Balaban J connectivity index is 2.10. The zero-order chi connectivity index (χ0) is 11.5. The highest BCUT2D eigenvalue weighted by molar-refractivity contribution is 6.31. The third-order valence-electron chi connectivity index (χ3n) is 3.07. The van der Waals surface area contributed by atoms with Crippen molar-refractivity contribution in [2.45, 2.75) is 19.8 Å².